The van der Waals surface area contributed by atoms with E-state index in [9.17, 15) is 8.42 Å². The Morgan fingerprint density at radius 2 is 2.00 bits per heavy atom. The molecule has 1 spiro atoms. The summed E-state index contributed by atoms with van der Waals surface area (Å²) in [5, 5.41) is 4.81. The van der Waals surface area contributed by atoms with Crippen molar-refractivity contribution in [3.05, 3.63) is 0 Å². The molecule has 0 radical (unpaired) electrons. The number of rotatable bonds is 1. The monoisotopic (exact) mass is 161 g/mol. The number of sulfonamides is 1. The van der Waals surface area contributed by atoms with Crippen molar-refractivity contribution in [3.8, 4) is 0 Å². The van der Waals surface area contributed by atoms with Gasteiger partial charge in [0.1, 0.15) is 0 Å². The number of hydrogen-bond acceptors (Lipinski definition) is 2. The molecule has 0 aromatic heterocycles. The molecule has 1 atom stereocenters. The van der Waals surface area contributed by atoms with Gasteiger partial charge >= 0.3 is 0 Å². The minimum Gasteiger partial charge on any atom is -0.228 e. The molecule has 2 N–H and O–H groups in total. The molecule has 10 heavy (non-hydrogen) atoms. The van der Waals surface area contributed by atoms with Gasteiger partial charge in [0.2, 0.25) is 10.0 Å². The van der Waals surface area contributed by atoms with Crippen molar-refractivity contribution in [1.29, 1.82) is 0 Å². The van der Waals surface area contributed by atoms with Crippen LogP contribution in [0.3, 0.4) is 0 Å². The Hall–Kier alpha value is -0.0900. The highest BCUT2D eigenvalue weighted by Crippen LogP contribution is 2.63. The summed E-state index contributed by atoms with van der Waals surface area (Å²) in [5.41, 5.74) is 0.160. The summed E-state index contributed by atoms with van der Waals surface area (Å²) in [7, 11) is -3.20. The summed E-state index contributed by atoms with van der Waals surface area (Å²) in [5.74, 6) is 0. The smallest absolute Gasteiger partial charge is 0.212 e. The van der Waals surface area contributed by atoms with Crippen molar-refractivity contribution >= 4 is 10.0 Å². The third-order valence-corrected chi connectivity index (χ3v) is 4.32. The Bertz CT molecular complexity index is 253. The van der Waals surface area contributed by atoms with E-state index in [4.69, 9.17) is 5.14 Å². The van der Waals surface area contributed by atoms with E-state index in [1.54, 1.807) is 0 Å². The lowest BCUT2D eigenvalue weighted by molar-refractivity contribution is 0.289. The van der Waals surface area contributed by atoms with Gasteiger partial charge in [-0.05, 0) is 24.7 Å². The maximum atomic E-state index is 10.8. The second kappa shape index (κ2) is 1.56. The Labute approximate surface area is 60.7 Å². The molecule has 2 fully saturated rings. The molecule has 2 aliphatic carbocycles. The summed E-state index contributed by atoms with van der Waals surface area (Å²) < 4.78 is 21.6. The summed E-state index contributed by atoms with van der Waals surface area (Å²) >= 11 is 0. The lowest BCUT2D eigenvalue weighted by Crippen LogP contribution is -2.26. The molecule has 0 aromatic rings. The average molecular weight is 161 g/mol. The molecule has 0 saturated heterocycles. The Kier molecular flexibility index (Phi) is 1.03. The second-order valence-corrected chi connectivity index (χ2v) is 5.24. The summed E-state index contributed by atoms with van der Waals surface area (Å²) in [6, 6.07) is 0. The fourth-order valence-corrected chi connectivity index (χ4v) is 3.43. The quantitative estimate of drug-likeness (QED) is 0.598. The molecule has 1 unspecified atom stereocenters. The minimum absolute atomic E-state index is 0.160. The first-order valence-electron chi connectivity index (χ1n) is 3.56. The van der Waals surface area contributed by atoms with Crippen LogP contribution in [0.25, 0.3) is 0 Å². The van der Waals surface area contributed by atoms with Gasteiger partial charge in [-0.25, -0.2) is 13.6 Å². The van der Waals surface area contributed by atoms with E-state index < -0.39 is 10.0 Å². The van der Waals surface area contributed by atoms with Crippen molar-refractivity contribution in [2.75, 3.05) is 0 Å². The highest BCUT2D eigenvalue weighted by atomic mass is 32.2. The van der Waals surface area contributed by atoms with Crippen LogP contribution in [0.1, 0.15) is 25.7 Å². The number of primary sulfonamides is 1. The van der Waals surface area contributed by atoms with Crippen LogP contribution in [0.5, 0.6) is 0 Å². The molecular formula is C6H11NO2S. The lowest BCUT2D eigenvalue weighted by Gasteiger charge is -2.25. The van der Waals surface area contributed by atoms with Crippen molar-refractivity contribution in [2.24, 2.45) is 10.6 Å². The van der Waals surface area contributed by atoms with Crippen LogP contribution in [-0.2, 0) is 10.0 Å². The first kappa shape index (κ1) is 6.61. The van der Waals surface area contributed by atoms with Gasteiger partial charge in [0.05, 0.1) is 5.25 Å². The Morgan fingerprint density at radius 1 is 1.40 bits per heavy atom. The predicted molar refractivity (Wildman–Crippen MR) is 37.8 cm³/mol. The molecule has 2 aliphatic rings. The first-order valence-corrected chi connectivity index (χ1v) is 5.17. The van der Waals surface area contributed by atoms with Gasteiger partial charge in [0, 0.05) is 0 Å². The van der Waals surface area contributed by atoms with E-state index in [1.165, 1.54) is 6.42 Å². The maximum absolute atomic E-state index is 10.8. The molecule has 0 bridgehead atoms. The van der Waals surface area contributed by atoms with Crippen LogP contribution < -0.4 is 5.14 Å². The van der Waals surface area contributed by atoms with Gasteiger partial charge in [-0.15, -0.1) is 0 Å². The molecule has 4 heteroatoms. The summed E-state index contributed by atoms with van der Waals surface area (Å²) in [6.45, 7) is 0. The van der Waals surface area contributed by atoms with Crippen LogP contribution in [0, 0.1) is 5.41 Å². The molecular weight excluding hydrogens is 150 g/mol. The average Bonchev–Trinajstić information content (AvgIpc) is 2.30. The van der Waals surface area contributed by atoms with E-state index in [1.807, 2.05) is 0 Å². The largest absolute Gasteiger partial charge is 0.228 e. The van der Waals surface area contributed by atoms with Crippen LogP contribution in [0.4, 0.5) is 0 Å². The lowest BCUT2D eigenvalue weighted by atomic mass is 9.82. The van der Waals surface area contributed by atoms with Gasteiger partial charge in [0.25, 0.3) is 0 Å². The molecule has 2 saturated carbocycles. The third-order valence-electron chi connectivity index (χ3n) is 2.86. The van der Waals surface area contributed by atoms with Crippen molar-refractivity contribution in [2.45, 2.75) is 30.9 Å². The van der Waals surface area contributed by atoms with E-state index in [2.05, 4.69) is 0 Å². The number of hydrogen-bond donors (Lipinski definition) is 1. The second-order valence-electron chi connectivity index (χ2n) is 3.50. The predicted octanol–water partition coefficient (Wildman–Crippen LogP) is 0.218. The Morgan fingerprint density at radius 3 is 2.10 bits per heavy atom. The maximum Gasteiger partial charge on any atom is 0.212 e. The van der Waals surface area contributed by atoms with E-state index in [0.717, 1.165) is 19.3 Å². The molecule has 2 rings (SSSR count). The van der Waals surface area contributed by atoms with Crippen LogP contribution in [0.15, 0.2) is 0 Å². The highest BCUT2D eigenvalue weighted by molar-refractivity contribution is 7.90. The van der Waals surface area contributed by atoms with Crippen molar-refractivity contribution in [1.82, 2.24) is 0 Å². The van der Waals surface area contributed by atoms with Gasteiger partial charge in [0.15, 0.2) is 0 Å². The van der Waals surface area contributed by atoms with Crippen LogP contribution >= 0.6 is 0 Å². The molecule has 0 amide bonds. The SMILES string of the molecule is NS(=O)(=O)C1CC12CCC2. The molecule has 0 aromatic carbocycles. The topological polar surface area (TPSA) is 60.2 Å². The minimum atomic E-state index is -3.20. The van der Waals surface area contributed by atoms with Gasteiger partial charge in [-0.2, -0.15) is 0 Å². The van der Waals surface area contributed by atoms with Gasteiger partial charge in [-0.3, -0.25) is 0 Å². The zero-order valence-electron chi connectivity index (χ0n) is 5.71. The summed E-state index contributed by atoms with van der Waals surface area (Å²) in [4.78, 5) is 0. The first-order chi connectivity index (χ1) is 4.55. The van der Waals surface area contributed by atoms with Crippen molar-refractivity contribution in [3.63, 3.8) is 0 Å². The van der Waals surface area contributed by atoms with E-state index in [0.29, 0.717) is 0 Å². The van der Waals surface area contributed by atoms with Gasteiger partial charge in [-0.1, -0.05) is 6.42 Å². The fourth-order valence-electron chi connectivity index (χ4n) is 1.93. The van der Waals surface area contributed by atoms with E-state index >= 15 is 0 Å². The van der Waals surface area contributed by atoms with Crippen molar-refractivity contribution < 1.29 is 8.42 Å². The Balaban J connectivity index is 2.15. The van der Waals surface area contributed by atoms with Crippen LogP contribution in [0.2, 0.25) is 0 Å². The molecule has 3 nitrogen and oxygen atoms in total. The molecule has 0 heterocycles. The zero-order chi connectivity index (χ0) is 7.41. The zero-order valence-corrected chi connectivity index (χ0v) is 6.52. The highest BCUT2D eigenvalue weighted by Gasteiger charge is 2.62. The summed E-state index contributed by atoms with van der Waals surface area (Å²) in [6.07, 6.45) is 4.17. The molecule has 58 valence electrons. The van der Waals surface area contributed by atoms with E-state index in [-0.39, 0.29) is 10.7 Å². The standard InChI is InChI=1S/C6H11NO2S/c7-10(8,9)5-4-6(5)2-1-3-6/h5H,1-4H2,(H2,7,8,9). The van der Waals surface area contributed by atoms with Gasteiger partial charge < -0.3 is 0 Å². The molecule has 0 aliphatic heterocycles. The fraction of sp³-hybridized carbons (Fsp3) is 1.00. The normalized spacial score (nSPS) is 35.5. The van der Waals surface area contributed by atoms with Crippen LogP contribution in [-0.4, -0.2) is 13.7 Å². The number of nitrogens with two attached hydrogens (primary N) is 1. The third kappa shape index (κ3) is 0.720.